The van der Waals surface area contributed by atoms with Crippen LogP contribution in [0.1, 0.15) is 85.4 Å². The van der Waals surface area contributed by atoms with Gasteiger partial charge >= 0.3 is 12.1 Å². The molecule has 0 unspecified atom stereocenters. The third-order valence-electron chi connectivity index (χ3n) is 7.78. The first-order valence-corrected chi connectivity index (χ1v) is 18.5. The number of aryl methyl sites for hydroxylation is 1. The molecule has 0 spiro atoms. The number of imidazole rings is 1. The number of carbonyl (C=O) groups excluding carboxylic acids is 2. The summed E-state index contributed by atoms with van der Waals surface area (Å²) in [5.74, 6) is -0.323. The van der Waals surface area contributed by atoms with Gasteiger partial charge in [-0.15, -0.1) is 0 Å². The number of nitrogens with zero attached hydrogens (tertiary/aromatic N) is 7. The second-order valence-electron chi connectivity index (χ2n) is 14.6. The summed E-state index contributed by atoms with van der Waals surface area (Å²) in [6, 6.07) is 4.44. The Morgan fingerprint density at radius 1 is 1.08 bits per heavy atom. The maximum absolute atomic E-state index is 13.2. The second kappa shape index (κ2) is 16.8. The summed E-state index contributed by atoms with van der Waals surface area (Å²) < 4.78 is 47.8. The van der Waals surface area contributed by atoms with Gasteiger partial charge in [0.15, 0.2) is 11.5 Å². The molecule has 0 radical (unpaired) electrons. The zero-order valence-corrected chi connectivity index (χ0v) is 31.4. The summed E-state index contributed by atoms with van der Waals surface area (Å²) in [5.41, 5.74) is 15.8. The van der Waals surface area contributed by atoms with Gasteiger partial charge in [0.25, 0.3) is 0 Å². The van der Waals surface area contributed by atoms with E-state index in [1.165, 1.54) is 12.1 Å². The summed E-state index contributed by atoms with van der Waals surface area (Å²) in [6.07, 6.45) is 2.02. The molecule has 52 heavy (non-hydrogen) atoms. The number of nitrogens with one attached hydrogen (secondary N) is 3. The number of anilines is 2. The number of sulfonamides is 1. The molecule has 1 aliphatic heterocycles. The van der Waals surface area contributed by atoms with Crippen LogP contribution in [0.15, 0.2) is 40.6 Å². The lowest BCUT2D eigenvalue weighted by Crippen LogP contribution is -2.44. The van der Waals surface area contributed by atoms with Gasteiger partial charge in [-0.1, -0.05) is 22.8 Å². The lowest BCUT2D eigenvalue weighted by Gasteiger charge is -2.25. The highest BCUT2D eigenvalue weighted by Crippen LogP contribution is 2.34. The summed E-state index contributed by atoms with van der Waals surface area (Å²) in [6.45, 7) is 12.8. The highest BCUT2D eigenvalue weighted by molar-refractivity contribution is 7.89. The van der Waals surface area contributed by atoms with Gasteiger partial charge < -0.3 is 30.6 Å². The number of carbonyl (C=O) groups is 2. The number of fused-ring (bicyclic) bond motifs is 1. The van der Waals surface area contributed by atoms with Crippen LogP contribution in [0.3, 0.4) is 0 Å². The van der Waals surface area contributed by atoms with E-state index in [0.29, 0.717) is 37.0 Å². The first-order valence-electron chi connectivity index (χ1n) is 17.1. The van der Waals surface area contributed by atoms with Crippen LogP contribution in [0.4, 0.5) is 16.6 Å². The topological polar surface area (TPSA) is 250 Å². The first kappa shape index (κ1) is 40.1. The zero-order chi connectivity index (χ0) is 38.3. The number of nitrogens with two attached hydrogens (primary N) is 1. The lowest BCUT2D eigenvalue weighted by molar-refractivity contribution is -0.157. The van der Waals surface area contributed by atoms with E-state index >= 15 is 0 Å². The number of rotatable bonds is 15. The van der Waals surface area contributed by atoms with Gasteiger partial charge in [0.1, 0.15) is 29.0 Å². The average Bonchev–Trinajstić information content (AvgIpc) is 3.67. The maximum atomic E-state index is 13.2. The number of azide groups is 1. The summed E-state index contributed by atoms with van der Waals surface area (Å²) in [5, 5.41) is 9.66. The number of hydrogen-bond donors (Lipinski definition) is 4. The number of benzene rings is 1. The van der Waals surface area contributed by atoms with E-state index in [1.54, 1.807) is 64.6 Å². The molecule has 4 atom stereocenters. The number of aromatic nitrogens is 4. The van der Waals surface area contributed by atoms with Gasteiger partial charge in [0.05, 0.1) is 17.3 Å². The molecule has 3 aromatic rings. The molecule has 1 saturated heterocycles. The van der Waals surface area contributed by atoms with Crippen molar-refractivity contribution in [1.82, 2.24) is 29.6 Å². The van der Waals surface area contributed by atoms with Crippen molar-refractivity contribution in [3.05, 3.63) is 46.6 Å². The summed E-state index contributed by atoms with van der Waals surface area (Å²) in [4.78, 5) is 41.4. The number of esters is 1. The van der Waals surface area contributed by atoms with E-state index in [2.05, 4.69) is 40.3 Å². The number of amides is 1. The Kier molecular flexibility index (Phi) is 12.9. The van der Waals surface area contributed by atoms with E-state index in [0.717, 1.165) is 5.56 Å². The Bertz CT molecular complexity index is 1870. The smallest absolute Gasteiger partial charge is 0.407 e. The fourth-order valence-electron chi connectivity index (χ4n) is 5.47. The Balaban J connectivity index is 1.40. The minimum Gasteiger partial charge on any atom is -0.459 e. The molecule has 1 aromatic carbocycles. The molecule has 0 bridgehead atoms. The van der Waals surface area contributed by atoms with Gasteiger partial charge in [-0.3, -0.25) is 9.36 Å². The molecule has 18 nitrogen and oxygen atoms in total. The first-order chi connectivity index (χ1) is 24.3. The minimum absolute atomic E-state index is 0.0146. The molecular formula is C33H49N11O7S. The quantitative estimate of drug-likeness (QED) is 0.0535. The Labute approximate surface area is 303 Å². The Morgan fingerprint density at radius 2 is 1.77 bits per heavy atom. The van der Waals surface area contributed by atoms with Crippen LogP contribution in [0, 0.1) is 6.92 Å². The molecule has 5 N–H and O–H groups in total. The minimum atomic E-state index is -4.07. The molecule has 19 heteroatoms. The van der Waals surface area contributed by atoms with Crippen molar-refractivity contribution in [1.29, 1.82) is 0 Å². The third kappa shape index (κ3) is 11.7. The SMILES string of the molecule is Cc1ccc(S(=O)(=O)N[C@@H](CC[C@@H](C[C@H]2CC[C@H](n3cnc4c(N)nc(NCCNC(=O)OC(C)(C)C)nc43)O2)N=[N+]=[N-])C(=O)OC(C)(C)C)cc1. The number of alkyl carbamates (subject to hydrolysis) is 1. The highest BCUT2D eigenvalue weighted by atomic mass is 32.2. The molecule has 1 fully saturated rings. The Morgan fingerprint density at radius 3 is 2.42 bits per heavy atom. The molecule has 1 amide bonds. The van der Waals surface area contributed by atoms with Crippen LogP contribution in [0.5, 0.6) is 0 Å². The summed E-state index contributed by atoms with van der Waals surface area (Å²) >= 11 is 0. The third-order valence-corrected chi connectivity index (χ3v) is 9.27. The fourth-order valence-corrected chi connectivity index (χ4v) is 6.69. The highest BCUT2D eigenvalue weighted by Gasteiger charge is 2.33. The standard InChI is InChI=1S/C33H49N11O7S/c1-20-8-12-23(13-9-20)52(47,48)42-24(29(45)50-32(2,3)4)14-10-21(41-43-35)18-22-11-15-25(49-22)44-19-38-26-27(34)39-30(40-28(26)44)36-16-17-37-31(46)51-33(5,6)7/h8-9,12-13,19,21-22,24-25,42H,10-11,14-18H2,1-7H3,(H,37,46)(H3,34,36,39,40)/t21-,22+,24-,25+/m0/s1. The van der Waals surface area contributed by atoms with Gasteiger partial charge in [0.2, 0.25) is 16.0 Å². The fraction of sp³-hybridized carbons (Fsp3) is 0.606. The van der Waals surface area contributed by atoms with Crippen LogP contribution in [-0.2, 0) is 29.0 Å². The van der Waals surface area contributed by atoms with Crippen molar-refractivity contribution < 1.29 is 32.2 Å². The molecule has 284 valence electrons. The predicted octanol–water partition coefficient (Wildman–Crippen LogP) is 4.87. The molecule has 1 aliphatic rings. The maximum Gasteiger partial charge on any atom is 0.407 e. The van der Waals surface area contributed by atoms with Crippen molar-refractivity contribution in [3.63, 3.8) is 0 Å². The van der Waals surface area contributed by atoms with Crippen molar-refractivity contribution >= 4 is 45.0 Å². The average molecular weight is 744 g/mol. The molecule has 0 aliphatic carbocycles. The van der Waals surface area contributed by atoms with Crippen LogP contribution in [0.2, 0.25) is 0 Å². The van der Waals surface area contributed by atoms with Crippen LogP contribution in [-0.4, -0.2) is 82.5 Å². The van der Waals surface area contributed by atoms with Crippen molar-refractivity contribution in [2.24, 2.45) is 5.11 Å². The van der Waals surface area contributed by atoms with Gasteiger partial charge in [-0.2, -0.15) is 14.7 Å². The van der Waals surface area contributed by atoms with Crippen molar-refractivity contribution in [2.75, 3.05) is 24.1 Å². The van der Waals surface area contributed by atoms with Crippen molar-refractivity contribution in [3.8, 4) is 0 Å². The lowest BCUT2D eigenvalue weighted by atomic mass is 10.0. The van der Waals surface area contributed by atoms with Crippen molar-refractivity contribution in [2.45, 2.75) is 121 Å². The molecule has 4 rings (SSSR count). The van der Waals surface area contributed by atoms with Gasteiger partial charge in [-0.05, 0) is 98.2 Å². The van der Waals surface area contributed by atoms with Gasteiger partial charge in [-0.25, -0.2) is 18.2 Å². The number of hydrogen-bond acceptors (Lipinski definition) is 13. The van der Waals surface area contributed by atoms with E-state index in [4.69, 9.17) is 19.9 Å². The Hall–Kier alpha value is -4.71. The van der Waals surface area contributed by atoms with E-state index < -0.39 is 51.6 Å². The summed E-state index contributed by atoms with van der Waals surface area (Å²) in [7, 11) is -4.07. The largest absolute Gasteiger partial charge is 0.459 e. The van der Waals surface area contributed by atoms with E-state index in [1.807, 2.05) is 6.92 Å². The normalized spacial score (nSPS) is 17.6. The van der Waals surface area contributed by atoms with Gasteiger partial charge in [0, 0.05) is 24.0 Å². The van der Waals surface area contributed by atoms with Crippen LogP contribution >= 0.6 is 0 Å². The zero-order valence-electron chi connectivity index (χ0n) is 30.6. The molecule has 0 saturated carbocycles. The van der Waals surface area contributed by atoms with Crippen LogP contribution < -0.4 is 21.1 Å². The second-order valence-corrected chi connectivity index (χ2v) is 16.3. The van der Waals surface area contributed by atoms with Crippen LogP contribution in [0.25, 0.3) is 21.6 Å². The molecular weight excluding hydrogens is 694 g/mol. The predicted molar refractivity (Wildman–Crippen MR) is 194 cm³/mol. The number of ether oxygens (including phenoxy) is 3. The molecule has 2 aromatic heterocycles. The number of nitrogen functional groups attached to an aromatic ring is 1. The molecule has 3 heterocycles. The monoisotopic (exact) mass is 743 g/mol. The van der Waals surface area contributed by atoms with E-state index in [-0.39, 0.29) is 42.2 Å². The van der Waals surface area contributed by atoms with E-state index in [9.17, 15) is 23.5 Å².